The highest BCUT2D eigenvalue weighted by Gasteiger charge is 2.20. The van der Waals surface area contributed by atoms with Crippen LogP contribution in [0.1, 0.15) is 16.7 Å². The van der Waals surface area contributed by atoms with Crippen molar-refractivity contribution in [2.45, 2.75) is 0 Å². The third-order valence-corrected chi connectivity index (χ3v) is 10.8. The Labute approximate surface area is 323 Å². The van der Waals surface area contributed by atoms with Gasteiger partial charge in [-0.1, -0.05) is 97.1 Å². The van der Waals surface area contributed by atoms with Crippen molar-refractivity contribution < 1.29 is 0 Å². The summed E-state index contributed by atoms with van der Waals surface area (Å²) < 4.78 is 4.61. The molecule has 0 atom stereocenters. The van der Waals surface area contributed by atoms with Crippen molar-refractivity contribution in [2.75, 3.05) is 0 Å². The zero-order chi connectivity index (χ0) is 37.8. The van der Waals surface area contributed by atoms with Gasteiger partial charge in [0.1, 0.15) is 0 Å². The highest BCUT2D eigenvalue weighted by molar-refractivity contribution is 6.12. The van der Waals surface area contributed by atoms with Gasteiger partial charge in [0.25, 0.3) is 0 Å². The summed E-state index contributed by atoms with van der Waals surface area (Å²) in [5.74, 6) is 0. The van der Waals surface area contributed by atoms with Crippen LogP contribution < -0.4 is 0 Å². The molecule has 0 aliphatic heterocycles. The molecule has 56 heavy (non-hydrogen) atoms. The quantitative estimate of drug-likeness (QED) is 0.178. The van der Waals surface area contributed by atoms with Gasteiger partial charge >= 0.3 is 0 Å². The van der Waals surface area contributed by atoms with Crippen LogP contribution >= 0.6 is 0 Å². The monoisotopic (exact) mass is 711 g/mol. The first-order valence-corrected chi connectivity index (χ1v) is 18.4. The maximum atomic E-state index is 9.95. The number of nitriles is 3. The number of nitrogens with zero attached hydrogens (tertiary/aromatic N) is 5. The van der Waals surface area contributed by atoms with Gasteiger partial charge in [0.05, 0.1) is 68.3 Å². The Bertz CT molecular complexity index is 3260. The Morgan fingerprint density at radius 1 is 0.304 bits per heavy atom. The van der Waals surface area contributed by atoms with E-state index in [-0.39, 0.29) is 0 Å². The van der Waals surface area contributed by atoms with Gasteiger partial charge in [-0.2, -0.15) is 15.8 Å². The molecule has 10 aromatic rings. The van der Waals surface area contributed by atoms with Crippen LogP contribution in [0.25, 0.3) is 88.4 Å². The standard InChI is InChI=1S/C51H29N5/c52-30-33-18-21-49(43(27-33)39-25-34(31-53)24-35(26-39)32-54)56-48-17-9-6-14-42(48)45-29-38(20-23-51(45)56)44-28-37(36-10-2-1-3-11-36)19-22-50(44)55-46-15-7-4-12-40(46)41-13-5-8-16-47(41)55/h1-29H. The number of rotatable bonds is 5. The lowest BCUT2D eigenvalue weighted by molar-refractivity contribution is 1.18. The fourth-order valence-electron chi connectivity index (χ4n) is 8.30. The minimum absolute atomic E-state index is 0.385. The molecule has 0 N–H and O–H groups in total. The van der Waals surface area contributed by atoms with Crippen molar-refractivity contribution in [2.24, 2.45) is 0 Å². The summed E-state index contributed by atoms with van der Waals surface area (Å²) in [6.07, 6.45) is 0. The highest BCUT2D eigenvalue weighted by Crippen LogP contribution is 2.42. The van der Waals surface area contributed by atoms with Crippen LogP contribution in [-0.2, 0) is 0 Å². The minimum atomic E-state index is 0.385. The summed E-state index contributed by atoms with van der Waals surface area (Å²) in [5.41, 5.74) is 13.4. The van der Waals surface area contributed by atoms with Crippen molar-refractivity contribution >= 4 is 43.6 Å². The lowest BCUT2D eigenvalue weighted by atomic mass is 9.96. The molecule has 0 aliphatic carbocycles. The SMILES string of the molecule is N#Cc1cc(C#N)cc(-c2cc(C#N)ccc2-n2c3ccccc3c3cc(-c4cc(-c5ccccc5)ccc4-n4c5ccccc5c5ccccc54)ccc32)c1. The van der Waals surface area contributed by atoms with E-state index in [1.165, 1.54) is 10.8 Å². The van der Waals surface area contributed by atoms with Crippen molar-refractivity contribution in [3.8, 4) is 63.0 Å². The van der Waals surface area contributed by atoms with E-state index in [1.807, 2.05) is 30.3 Å². The van der Waals surface area contributed by atoms with Crippen LogP contribution in [0.2, 0.25) is 0 Å². The molecule has 2 aromatic heterocycles. The number of fused-ring (bicyclic) bond motifs is 6. The Morgan fingerprint density at radius 3 is 1.38 bits per heavy atom. The maximum Gasteiger partial charge on any atom is 0.0992 e. The van der Waals surface area contributed by atoms with Gasteiger partial charge < -0.3 is 9.13 Å². The zero-order valence-electron chi connectivity index (χ0n) is 30.0. The normalized spacial score (nSPS) is 11.2. The number of para-hydroxylation sites is 3. The second kappa shape index (κ2) is 13.0. The summed E-state index contributed by atoms with van der Waals surface area (Å²) in [7, 11) is 0. The van der Waals surface area contributed by atoms with Crippen LogP contribution in [0.3, 0.4) is 0 Å². The van der Waals surface area contributed by atoms with E-state index in [4.69, 9.17) is 0 Å². The van der Waals surface area contributed by atoms with Gasteiger partial charge in [-0.05, 0) is 101 Å². The van der Waals surface area contributed by atoms with E-state index in [2.05, 4.69) is 155 Å². The molecule has 0 saturated heterocycles. The molecule has 8 aromatic carbocycles. The molecule has 0 aliphatic rings. The molecule has 5 heteroatoms. The average Bonchev–Trinajstić information content (AvgIpc) is 3.78. The van der Waals surface area contributed by atoms with E-state index in [0.29, 0.717) is 22.3 Å². The summed E-state index contributed by atoms with van der Waals surface area (Å²) in [5, 5.41) is 34.2. The van der Waals surface area contributed by atoms with E-state index in [9.17, 15) is 15.8 Å². The molecule has 10 rings (SSSR count). The second-order valence-corrected chi connectivity index (χ2v) is 13.9. The van der Waals surface area contributed by atoms with Crippen LogP contribution in [-0.4, -0.2) is 9.13 Å². The lowest BCUT2D eigenvalue weighted by Gasteiger charge is -2.17. The molecule has 5 nitrogen and oxygen atoms in total. The molecule has 258 valence electrons. The molecular weight excluding hydrogens is 683 g/mol. The van der Waals surface area contributed by atoms with Gasteiger partial charge in [-0.3, -0.25) is 0 Å². The van der Waals surface area contributed by atoms with Crippen molar-refractivity contribution in [3.05, 3.63) is 193 Å². The molecule has 0 bridgehead atoms. The third kappa shape index (κ3) is 5.14. The lowest BCUT2D eigenvalue weighted by Crippen LogP contribution is -1.99. The van der Waals surface area contributed by atoms with Gasteiger partial charge in [-0.15, -0.1) is 0 Å². The topological polar surface area (TPSA) is 81.2 Å². The van der Waals surface area contributed by atoms with E-state index >= 15 is 0 Å². The van der Waals surface area contributed by atoms with Crippen LogP contribution in [0.15, 0.2) is 176 Å². The molecule has 0 radical (unpaired) electrons. The minimum Gasteiger partial charge on any atom is -0.309 e. The summed E-state index contributed by atoms with van der Waals surface area (Å²) in [6.45, 7) is 0. The fourth-order valence-corrected chi connectivity index (χ4v) is 8.30. The van der Waals surface area contributed by atoms with Crippen molar-refractivity contribution in [3.63, 3.8) is 0 Å². The third-order valence-electron chi connectivity index (χ3n) is 10.8. The molecular formula is C51H29N5. The molecule has 0 spiro atoms. The molecule has 0 amide bonds. The van der Waals surface area contributed by atoms with Crippen molar-refractivity contribution in [1.29, 1.82) is 15.8 Å². The zero-order valence-corrected chi connectivity index (χ0v) is 30.0. The van der Waals surface area contributed by atoms with E-state index in [1.54, 1.807) is 18.2 Å². The molecule has 0 unspecified atom stereocenters. The predicted molar refractivity (Wildman–Crippen MR) is 226 cm³/mol. The van der Waals surface area contributed by atoms with E-state index in [0.717, 1.165) is 72.0 Å². The largest absolute Gasteiger partial charge is 0.309 e. The maximum absolute atomic E-state index is 9.95. The van der Waals surface area contributed by atoms with Crippen molar-refractivity contribution in [1.82, 2.24) is 9.13 Å². The Hall–Kier alpha value is -8.17. The first-order chi connectivity index (χ1) is 27.6. The smallest absolute Gasteiger partial charge is 0.0992 e. The number of hydrogen-bond donors (Lipinski definition) is 0. The number of hydrogen-bond acceptors (Lipinski definition) is 3. The van der Waals surface area contributed by atoms with Gasteiger partial charge in [0.2, 0.25) is 0 Å². The van der Waals surface area contributed by atoms with Crippen LogP contribution in [0, 0.1) is 34.0 Å². The first-order valence-electron chi connectivity index (χ1n) is 18.4. The fraction of sp³-hybridized carbons (Fsp3) is 0. The number of aromatic nitrogens is 2. The Morgan fingerprint density at radius 2 is 0.786 bits per heavy atom. The number of benzene rings is 8. The second-order valence-electron chi connectivity index (χ2n) is 13.9. The Kier molecular flexibility index (Phi) is 7.57. The summed E-state index contributed by atoms with van der Waals surface area (Å²) in [6, 6.07) is 67.0. The van der Waals surface area contributed by atoms with E-state index < -0.39 is 0 Å². The highest BCUT2D eigenvalue weighted by atomic mass is 15.0. The van der Waals surface area contributed by atoms with Gasteiger partial charge in [-0.25, -0.2) is 0 Å². The van der Waals surface area contributed by atoms with Crippen LogP contribution in [0.5, 0.6) is 0 Å². The van der Waals surface area contributed by atoms with Gasteiger partial charge in [0, 0.05) is 32.7 Å². The Balaban J connectivity index is 1.25. The summed E-state index contributed by atoms with van der Waals surface area (Å²) >= 11 is 0. The molecule has 0 saturated carbocycles. The van der Waals surface area contributed by atoms with Crippen LogP contribution in [0.4, 0.5) is 0 Å². The first kappa shape index (κ1) is 32.5. The summed E-state index contributed by atoms with van der Waals surface area (Å²) in [4.78, 5) is 0. The molecule has 0 fully saturated rings. The molecule has 2 heterocycles. The average molecular weight is 712 g/mol. The predicted octanol–water partition coefficient (Wildman–Crippen LogP) is 12.5. The van der Waals surface area contributed by atoms with Gasteiger partial charge in [0.15, 0.2) is 0 Å².